The molecule has 0 aromatic heterocycles. The molecule has 1 atom stereocenters. The highest BCUT2D eigenvalue weighted by Crippen LogP contribution is 2.23. The fraction of sp³-hybridized carbons (Fsp3) is 0.143. The Balaban J connectivity index is 2.20. The Morgan fingerprint density at radius 3 is 2.47 bits per heavy atom. The van der Waals surface area contributed by atoms with E-state index in [0.717, 1.165) is 11.6 Å². The van der Waals surface area contributed by atoms with E-state index in [1.807, 2.05) is 30.3 Å². The summed E-state index contributed by atoms with van der Waals surface area (Å²) in [6, 6.07) is 12.5. The summed E-state index contributed by atoms with van der Waals surface area (Å²) in [4.78, 5) is 9.90. The van der Waals surface area contributed by atoms with Gasteiger partial charge in [-0.15, -0.1) is 0 Å². The third kappa shape index (κ3) is 3.14. The predicted molar refractivity (Wildman–Crippen MR) is 70.1 cm³/mol. The first-order valence-electron chi connectivity index (χ1n) is 5.81. The lowest BCUT2D eigenvalue weighted by molar-refractivity contribution is -0.385. The molecule has 0 spiro atoms. The number of hydrogen-bond donors (Lipinski definition) is 1. The second-order valence-corrected chi connectivity index (χ2v) is 4.26. The van der Waals surface area contributed by atoms with Crippen LogP contribution in [0.25, 0.3) is 0 Å². The van der Waals surface area contributed by atoms with E-state index in [0.29, 0.717) is 6.42 Å². The van der Waals surface area contributed by atoms with Gasteiger partial charge < -0.3 is 5.73 Å². The normalized spacial score (nSPS) is 12.1. The summed E-state index contributed by atoms with van der Waals surface area (Å²) in [5.74, 6) is -0.641. The molecule has 0 radical (unpaired) electrons. The third-order valence-electron chi connectivity index (χ3n) is 2.89. The Morgan fingerprint density at radius 2 is 1.89 bits per heavy atom. The zero-order chi connectivity index (χ0) is 13.8. The van der Waals surface area contributed by atoms with Crippen molar-refractivity contribution in [3.05, 3.63) is 75.6 Å². The summed E-state index contributed by atoms with van der Waals surface area (Å²) in [5, 5.41) is 10.5. The van der Waals surface area contributed by atoms with Gasteiger partial charge in [0.2, 0.25) is 0 Å². The second kappa shape index (κ2) is 5.58. The van der Waals surface area contributed by atoms with Crippen LogP contribution in [-0.4, -0.2) is 4.92 Å². The zero-order valence-electron chi connectivity index (χ0n) is 10.1. The van der Waals surface area contributed by atoms with Crippen LogP contribution in [0.2, 0.25) is 0 Å². The predicted octanol–water partition coefficient (Wildman–Crippen LogP) is 2.98. The molecule has 4 nitrogen and oxygen atoms in total. The molecule has 0 saturated carbocycles. The van der Waals surface area contributed by atoms with Gasteiger partial charge in [-0.3, -0.25) is 10.1 Å². The van der Waals surface area contributed by atoms with Gasteiger partial charge in [0.15, 0.2) is 0 Å². The topological polar surface area (TPSA) is 69.2 Å². The Labute approximate surface area is 109 Å². The summed E-state index contributed by atoms with van der Waals surface area (Å²) >= 11 is 0. The summed E-state index contributed by atoms with van der Waals surface area (Å²) in [7, 11) is 0. The summed E-state index contributed by atoms with van der Waals surface area (Å²) in [6.45, 7) is 0. The number of rotatable bonds is 4. The second-order valence-electron chi connectivity index (χ2n) is 4.26. The molecular weight excluding hydrogens is 247 g/mol. The summed E-state index contributed by atoms with van der Waals surface area (Å²) < 4.78 is 13.8. The molecule has 0 saturated heterocycles. The number of benzene rings is 2. The maximum atomic E-state index is 13.8. The SMILES string of the molecule is NC(Cc1ccccc1)c1ccc([N+](=O)[O-])cc1F. The number of nitro groups is 1. The van der Waals surface area contributed by atoms with E-state index >= 15 is 0 Å². The van der Waals surface area contributed by atoms with E-state index < -0.39 is 16.8 Å². The fourth-order valence-electron chi connectivity index (χ4n) is 1.91. The average Bonchev–Trinajstić information content (AvgIpc) is 2.39. The number of non-ortho nitro benzene ring substituents is 1. The molecule has 0 heterocycles. The van der Waals surface area contributed by atoms with Crippen molar-refractivity contribution in [3.63, 3.8) is 0 Å². The molecule has 1 unspecified atom stereocenters. The van der Waals surface area contributed by atoms with Gasteiger partial charge >= 0.3 is 0 Å². The number of nitrogens with two attached hydrogens (primary N) is 1. The number of nitrogens with zero attached hydrogens (tertiary/aromatic N) is 1. The van der Waals surface area contributed by atoms with Crippen molar-refractivity contribution in [3.8, 4) is 0 Å². The van der Waals surface area contributed by atoms with Crippen LogP contribution in [-0.2, 0) is 6.42 Å². The first kappa shape index (κ1) is 13.2. The van der Waals surface area contributed by atoms with E-state index in [-0.39, 0.29) is 11.3 Å². The third-order valence-corrected chi connectivity index (χ3v) is 2.89. The molecule has 2 rings (SSSR count). The van der Waals surface area contributed by atoms with Crippen molar-refractivity contribution in [2.75, 3.05) is 0 Å². The van der Waals surface area contributed by atoms with Gasteiger partial charge in [0.25, 0.3) is 5.69 Å². The first-order chi connectivity index (χ1) is 9.08. The van der Waals surface area contributed by atoms with Crippen LogP contribution < -0.4 is 5.73 Å². The highest BCUT2D eigenvalue weighted by atomic mass is 19.1. The van der Waals surface area contributed by atoms with E-state index in [1.165, 1.54) is 12.1 Å². The van der Waals surface area contributed by atoms with Crippen molar-refractivity contribution in [1.29, 1.82) is 0 Å². The molecule has 98 valence electrons. The Kier molecular flexibility index (Phi) is 3.87. The number of nitro benzene ring substituents is 1. The first-order valence-corrected chi connectivity index (χ1v) is 5.81. The highest BCUT2D eigenvalue weighted by molar-refractivity contribution is 5.36. The maximum Gasteiger partial charge on any atom is 0.272 e. The Hall–Kier alpha value is -2.27. The average molecular weight is 260 g/mol. The molecule has 2 N–H and O–H groups in total. The maximum absolute atomic E-state index is 13.8. The van der Waals surface area contributed by atoms with Crippen LogP contribution >= 0.6 is 0 Å². The highest BCUT2D eigenvalue weighted by Gasteiger charge is 2.16. The molecule has 2 aromatic carbocycles. The van der Waals surface area contributed by atoms with Crippen molar-refractivity contribution < 1.29 is 9.31 Å². The number of hydrogen-bond acceptors (Lipinski definition) is 3. The van der Waals surface area contributed by atoms with Crippen LogP contribution in [0.15, 0.2) is 48.5 Å². The van der Waals surface area contributed by atoms with Crippen molar-refractivity contribution in [1.82, 2.24) is 0 Å². The van der Waals surface area contributed by atoms with Gasteiger partial charge in [0, 0.05) is 17.7 Å². The van der Waals surface area contributed by atoms with E-state index in [1.54, 1.807) is 0 Å². The van der Waals surface area contributed by atoms with Crippen LogP contribution in [0.4, 0.5) is 10.1 Å². The molecule has 0 bridgehead atoms. The molecule has 5 heteroatoms. The van der Waals surface area contributed by atoms with E-state index in [9.17, 15) is 14.5 Å². The van der Waals surface area contributed by atoms with Gasteiger partial charge in [-0.05, 0) is 18.1 Å². The largest absolute Gasteiger partial charge is 0.324 e. The molecule has 0 amide bonds. The standard InChI is InChI=1S/C14H13FN2O2/c15-13-9-11(17(18)19)6-7-12(13)14(16)8-10-4-2-1-3-5-10/h1-7,9,14H,8,16H2. The molecule has 0 aliphatic carbocycles. The van der Waals surface area contributed by atoms with Crippen LogP contribution in [0.3, 0.4) is 0 Å². The quantitative estimate of drug-likeness (QED) is 0.678. The Bertz CT molecular complexity index is 587. The fourth-order valence-corrected chi connectivity index (χ4v) is 1.91. The summed E-state index contributed by atoms with van der Waals surface area (Å²) in [5.41, 5.74) is 6.95. The van der Waals surface area contributed by atoms with E-state index in [2.05, 4.69) is 0 Å². The molecule has 19 heavy (non-hydrogen) atoms. The number of halogens is 1. The lowest BCUT2D eigenvalue weighted by Crippen LogP contribution is -2.15. The van der Waals surface area contributed by atoms with Gasteiger partial charge in [-0.2, -0.15) is 0 Å². The smallest absolute Gasteiger partial charge is 0.272 e. The minimum Gasteiger partial charge on any atom is -0.324 e. The molecule has 0 aliphatic rings. The minimum absolute atomic E-state index is 0.270. The lowest BCUT2D eigenvalue weighted by atomic mass is 9.99. The molecular formula is C14H13FN2O2. The molecule has 2 aromatic rings. The lowest BCUT2D eigenvalue weighted by Gasteiger charge is -2.12. The zero-order valence-corrected chi connectivity index (χ0v) is 10.1. The van der Waals surface area contributed by atoms with Crippen molar-refractivity contribution in [2.45, 2.75) is 12.5 Å². The Morgan fingerprint density at radius 1 is 1.21 bits per heavy atom. The molecule has 0 fully saturated rings. The van der Waals surface area contributed by atoms with Crippen LogP contribution in [0, 0.1) is 15.9 Å². The molecule has 0 aliphatic heterocycles. The monoisotopic (exact) mass is 260 g/mol. The van der Waals surface area contributed by atoms with E-state index in [4.69, 9.17) is 5.73 Å². The van der Waals surface area contributed by atoms with Gasteiger partial charge in [-0.1, -0.05) is 30.3 Å². The van der Waals surface area contributed by atoms with Gasteiger partial charge in [0.1, 0.15) is 5.82 Å². The van der Waals surface area contributed by atoms with Crippen molar-refractivity contribution in [2.24, 2.45) is 5.73 Å². The van der Waals surface area contributed by atoms with Crippen molar-refractivity contribution >= 4 is 5.69 Å². The van der Waals surface area contributed by atoms with Crippen LogP contribution in [0.1, 0.15) is 17.2 Å². The van der Waals surface area contributed by atoms with Gasteiger partial charge in [0.05, 0.1) is 11.0 Å². The summed E-state index contributed by atoms with van der Waals surface area (Å²) in [6.07, 6.45) is 0.482. The minimum atomic E-state index is -0.641. The van der Waals surface area contributed by atoms with Gasteiger partial charge in [-0.25, -0.2) is 4.39 Å². The van der Waals surface area contributed by atoms with Crippen LogP contribution in [0.5, 0.6) is 0 Å².